The van der Waals surface area contributed by atoms with E-state index in [2.05, 4.69) is 17.3 Å². The number of hydrogen-bond acceptors (Lipinski definition) is 4. The molecule has 1 fully saturated rings. The summed E-state index contributed by atoms with van der Waals surface area (Å²) in [4.78, 5) is 15.6. The normalized spacial score (nSPS) is 19.4. The first kappa shape index (κ1) is 16.3. The lowest BCUT2D eigenvalue weighted by molar-refractivity contribution is 0.0928. The standard InChI is InChI=1S/C16H24N2O2S/c1-18-9-3-2-4-14(18)12-17-16(20)13-5-7-15(8-6-13)21-11-10-19/h5-8,14,19H,2-4,9-12H2,1H3,(H,17,20)/t14-/m1/s1. The zero-order valence-corrected chi connectivity index (χ0v) is 13.4. The number of nitrogens with one attached hydrogen (secondary N) is 1. The van der Waals surface area contributed by atoms with Crippen molar-refractivity contribution in [2.75, 3.05) is 32.5 Å². The van der Waals surface area contributed by atoms with Crippen molar-refractivity contribution in [3.8, 4) is 0 Å². The Morgan fingerprint density at radius 3 is 2.81 bits per heavy atom. The molecule has 0 radical (unpaired) electrons. The summed E-state index contributed by atoms with van der Waals surface area (Å²) in [5.41, 5.74) is 0.696. The van der Waals surface area contributed by atoms with E-state index in [1.165, 1.54) is 12.8 Å². The fraction of sp³-hybridized carbons (Fsp3) is 0.562. The number of aliphatic hydroxyl groups is 1. The number of benzene rings is 1. The van der Waals surface area contributed by atoms with Crippen LogP contribution in [0.1, 0.15) is 29.6 Å². The van der Waals surface area contributed by atoms with Gasteiger partial charge in [-0.05, 0) is 50.7 Å². The maximum atomic E-state index is 12.1. The molecule has 1 aromatic rings. The minimum Gasteiger partial charge on any atom is -0.396 e. The molecule has 0 unspecified atom stereocenters. The minimum atomic E-state index is -0.00678. The van der Waals surface area contributed by atoms with Crippen LogP contribution in [-0.2, 0) is 0 Å². The van der Waals surface area contributed by atoms with E-state index in [4.69, 9.17) is 5.11 Å². The lowest BCUT2D eigenvalue weighted by Crippen LogP contribution is -2.44. The fourth-order valence-corrected chi connectivity index (χ4v) is 3.24. The number of carbonyl (C=O) groups is 1. The number of rotatable bonds is 6. The van der Waals surface area contributed by atoms with E-state index in [-0.39, 0.29) is 12.5 Å². The third-order valence-corrected chi connectivity index (χ3v) is 4.89. The van der Waals surface area contributed by atoms with Crippen LogP contribution in [-0.4, -0.2) is 54.5 Å². The number of nitrogens with zero attached hydrogens (tertiary/aromatic N) is 1. The van der Waals surface area contributed by atoms with Crippen molar-refractivity contribution in [1.82, 2.24) is 10.2 Å². The molecule has 116 valence electrons. The van der Waals surface area contributed by atoms with Gasteiger partial charge in [-0.25, -0.2) is 0 Å². The van der Waals surface area contributed by atoms with Gasteiger partial charge >= 0.3 is 0 Å². The van der Waals surface area contributed by atoms with E-state index in [0.29, 0.717) is 17.4 Å². The highest BCUT2D eigenvalue weighted by molar-refractivity contribution is 7.99. The predicted octanol–water partition coefficient (Wildman–Crippen LogP) is 1.99. The largest absolute Gasteiger partial charge is 0.396 e. The van der Waals surface area contributed by atoms with Gasteiger partial charge in [-0.3, -0.25) is 4.79 Å². The SMILES string of the molecule is CN1CCCC[C@@H]1CNC(=O)c1ccc(SCCO)cc1. The summed E-state index contributed by atoms with van der Waals surface area (Å²) in [6, 6.07) is 8.02. The van der Waals surface area contributed by atoms with Crippen molar-refractivity contribution in [1.29, 1.82) is 0 Å². The Kier molecular flexibility index (Phi) is 6.54. The summed E-state index contributed by atoms with van der Waals surface area (Å²) in [5.74, 6) is 0.673. The van der Waals surface area contributed by atoms with E-state index in [9.17, 15) is 4.79 Å². The van der Waals surface area contributed by atoms with Crippen LogP contribution < -0.4 is 5.32 Å². The van der Waals surface area contributed by atoms with Crippen LogP contribution >= 0.6 is 11.8 Å². The van der Waals surface area contributed by atoms with Crippen molar-refractivity contribution in [2.24, 2.45) is 0 Å². The van der Waals surface area contributed by atoms with E-state index in [1.807, 2.05) is 24.3 Å². The molecule has 1 aromatic carbocycles. The van der Waals surface area contributed by atoms with E-state index in [0.717, 1.165) is 24.4 Å². The summed E-state index contributed by atoms with van der Waals surface area (Å²) in [7, 11) is 2.13. The van der Waals surface area contributed by atoms with E-state index >= 15 is 0 Å². The highest BCUT2D eigenvalue weighted by Gasteiger charge is 2.19. The Balaban J connectivity index is 1.82. The molecular weight excluding hydrogens is 284 g/mol. The molecule has 0 aliphatic carbocycles. The number of aliphatic hydroxyl groups excluding tert-OH is 1. The first-order chi connectivity index (χ1) is 10.2. The molecule has 1 aliphatic rings. The third kappa shape index (κ3) is 5.02. The van der Waals surface area contributed by atoms with E-state index in [1.54, 1.807) is 11.8 Å². The van der Waals surface area contributed by atoms with Crippen LogP contribution in [0.5, 0.6) is 0 Å². The van der Waals surface area contributed by atoms with Crippen LogP contribution in [0.3, 0.4) is 0 Å². The number of likely N-dealkylation sites (tertiary alicyclic amines) is 1. The topological polar surface area (TPSA) is 52.6 Å². The van der Waals surface area contributed by atoms with Gasteiger partial charge in [-0.1, -0.05) is 6.42 Å². The highest BCUT2D eigenvalue weighted by Crippen LogP contribution is 2.18. The minimum absolute atomic E-state index is 0.00678. The van der Waals surface area contributed by atoms with Crippen LogP contribution in [0, 0.1) is 0 Å². The molecule has 0 bridgehead atoms. The average Bonchev–Trinajstić information content (AvgIpc) is 2.52. The Bertz CT molecular complexity index is 450. The van der Waals surface area contributed by atoms with E-state index < -0.39 is 0 Å². The molecule has 4 nitrogen and oxygen atoms in total. The van der Waals surface area contributed by atoms with Gasteiger partial charge in [-0.2, -0.15) is 0 Å². The molecule has 2 rings (SSSR count). The molecule has 1 amide bonds. The second-order valence-corrected chi connectivity index (χ2v) is 6.61. The zero-order valence-electron chi connectivity index (χ0n) is 12.5. The third-order valence-electron chi connectivity index (χ3n) is 3.90. The second kappa shape index (κ2) is 8.41. The average molecular weight is 308 g/mol. The first-order valence-electron chi connectivity index (χ1n) is 7.53. The Morgan fingerprint density at radius 1 is 1.38 bits per heavy atom. The fourth-order valence-electron chi connectivity index (χ4n) is 2.58. The molecule has 1 atom stereocenters. The first-order valence-corrected chi connectivity index (χ1v) is 8.51. The Morgan fingerprint density at radius 2 is 2.14 bits per heavy atom. The van der Waals surface area contributed by atoms with Crippen LogP contribution in [0.15, 0.2) is 29.2 Å². The van der Waals surface area contributed by atoms with Gasteiger partial charge in [0.15, 0.2) is 0 Å². The van der Waals surface area contributed by atoms with Gasteiger partial charge < -0.3 is 15.3 Å². The number of carbonyl (C=O) groups excluding carboxylic acids is 1. The predicted molar refractivity (Wildman–Crippen MR) is 86.9 cm³/mol. The van der Waals surface area contributed by atoms with Gasteiger partial charge in [-0.15, -0.1) is 11.8 Å². The number of hydrogen-bond donors (Lipinski definition) is 2. The van der Waals surface area contributed by atoms with Crippen LogP contribution in [0.25, 0.3) is 0 Å². The quantitative estimate of drug-likeness (QED) is 0.789. The summed E-state index contributed by atoms with van der Waals surface area (Å²) < 4.78 is 0. The Hall–Kier alpha value is -1.04. The molecule has 1 aliphatic heterocycles. The molecule has 0 saturated carbocycles. The van der Waals surface area contributed by atoms with Crippen LogP contribution in [0.2, 0.25) is 0 Å². The number of likely N-dealkylation sites (N-methyl/N-ethyl adjacent to an activating group) is 1. The van der Waals surface area contributed by atoms with Gasteiger partial charge in [0.25, 0.3) is 5.91 Å². The molecule has 0 aromatic heterocycles. The van der Waals surface area contributed by atoms with Gasteiger partial charge in [0.1, 0.15) is 0 Å². The summed E-state index contributed by atoms with van der Waals surface area (Å²) >= 11 is 1.59. The lowest BCUT2D eigenvalue weighted by atomic mass is 10.0. The summed E-state index contributed by atoms with van der Waals surface area (Å²) in [6.45, 7) is 2.01. The van der Waals surface area contributed by atoms with Gasteiger partial charge in [0, 0.05) is 28.8 Å². The maximum Gasteiger partial charge on any atom is 0.251 e. The van der Waals surface area contributed by atoms with Crippen molar-refractivity contribution in [2.45, 2.75) is 30.2 Å². The van der Waals surface area contributed by atoms with Crippen molar-refractivity contribution in [3.05, 3.63) is 29.8 Å². The van der Waals surface area contributed by atoms with Crippen LogP contribution in [0.4, 0.5) is 0 Å². The molecule has 21 heavy (non-hydrogen) atoms. The highest BCUT2D eigenvalue weighted by atomic mass is 32.2. The zero-order chi connectivity index (χ0) is 15.1. The summed E-state index contributed by atoms with van der Waals surface area (Å²) in [5, 5.41) is 11.8. The number of piperidine rings is 1. The Labute approximate surface area is 130 Å². The summed E-state index contributed by atoms with van der Waals surface area (Å²) in [6.07, 6.45) is 3.67. The molecule has 2 N–H and O–H groups in total. The van der Waals surface area contributed by atoms with Crippen molar-refractivity contribution >= 4 is 17.7 Å². The smallest absolute Gasteiger partial charge is 0.251 e. The molecular formula is C16H24N2O2S. The molecule has 1 saturated heterocycles. The second-order valence-electron chi connectivity index (χ2n) is 5.44. The lowest BCUT2D eigenvalue weighted by Gasteiger charge is -2.32. The van der Waals surface area contributed by atoms with Crippen molar-refractivity contribution < 1.29 is 9.90 Å². The van der Waals surface area contributed by atoms with Gasteiger partial charge in [0.2, 0.25) is 0 Å². The monoisotopic (exact) mass is 308 g/mol. The maximum absolute atomic E-state index is 12.1. The molecule has 5 heteroatoms. The molecule has 1 heterocycles. The number of thioether (sulfide) groups is 1. The molecule has 0 spiro atoms. The van der Waals surface area contributed by atoms with Gasteiger partial charge in [0.05, 0.1) is 6.61 Å². The van der Waals surface area contributed by atoms with Crippen molar-refractivity contribution in [3.63, 3.8) is 0 Å². The number of amides is 1.